The van der Waals surface area contributed by atoms with Gasteiger partial charge in [0.25, 0.3) is 0 Å². The second kappa shape index (κ2) is 12.6. The SMILES string of the molecule is COC(=O)/C1=C/[C@@H]2OC(=O)[C@H](C)[C@@]2(O)C(OC(C)=O)[C@H]2[C@@H](C)[C@@H](O)C[C@H](OC(C)=O)[C@]2(C)[C@H](OC(C)=O)CC1OC(C)=O. The van der Waals surface area contributed by atoms with Crippen LogP contribution in [0, 0.1) is 23.2 Å². The molecule has 3 rings (SSSR count). The Morgan fingerprint density at radius 3 is 1.88 bits per heavy atom. The number of methoxy groups -OCH3 is 1. The van der Waals surface area contributed by atoms with E-state index < -0.39 is 108 Å². The monoisotopic (exact) mass is 612 g/mol. The van der Waals surface area contributed by atoms with Crippen LogP contribution in [0.5, 0.6) is 0 Å². The standard InChI is InChI=1S/C29H40O14/c1-12-19(34)10-21(40-15(4)31)28(7)22(41-16(5)32)11-20(39-14(3)30)18(27(36)38-8)9-23-29(37,13(2)26(35)43-23)25(24(12)28)42-17(6)33/h9,12-13,19-25,34,37H,10-11H2,1-8H3/b18-9+/t12-,13-,19-,20?,21-,22+,23-,24+,25?,28+,29-/m0/s1. The maximum absolute atomic E-state index is 13.1. The van der Waals surface area contributed by atoms with E-state index in [2.05, 4.69) is 0 Å². The van der Waals surface area contributed by atoms with Gasteiger partial charge in [-0.05, 0) is 18.9 Å². The molecule has 14 nitrogen and oxygen atoms in total. The molecule has 2 N–H and O–H groups in total. The van der Waals surface area contributed by atoms with Crippen LogP contribution in [0.25, 0.3) is 0 Å². The third-order valence-electron chi connectivity index (χ3n) is 9.01. The van der Waals surface area contributed by atoms with Crippen molar-refractivity contribution in [1.82, 2.24) is 0 Å². The van der Waals surface area contributed by atoms with E-state index in [1.807, 2.05) is 0 Å². The lowest BCUT2D eigenvalue weighted by Gasteiger charge is -2.58. The molecule has 0 amide bonds. The van der Waals surface area contributed by atoms with E-state index in [0.29, 0.717) is 0 Å². The first-order chi connectivity index (χ1) is 19.9. The number of carbonyl (C=O) groups excluding carboxylic acids is 6. The van der Waals surface area contributed by atoms with Crippen molar-refractivity contribution in [3.05, 3.63) is 11.6 Å². The number of rotatable bonds is 5. The molecule has 1 aliphatic heterocycles. The third kappa shape index (κ3) is 6.26. The van der Waals surface area contributed by atoms with Crippen molar-refractivity contribution in [3.63, 3.8) is 0 Å². The molecule has 1 saturated carbocycles. The van der Waals surface area contributed by atoms with Crippen molar-refractivity contribution in [2.24, 2.45) is 23.2 Å². The normalized spacial score (nSPS) is 40.3. The number of ether oxygens (including phenoxy) is 6. The Morgan fingerprint density at radius 2 is 1.40 bits per heavy atom. The topological polar surface area (TPSA) is 198 Å². The summed E-state index contributed by atoms with van der Waals surface area (Å²) in [6, 6.07) is 0. The zero-order valence-corrected chi connectivity index (χ0v) is 25.5. The van der Waals surface area contributed by atoms with Gasteiger partial charge in [-0.15, -0.1) is 0 Å². The van der Waals surface area contributed by atoms with Crippen LogP contribution in [0.1, 0.15) is 61.3 Å². The van der Waals surface area contributed by atoms with Crippen LogP contribution in [-0.2, 0) is 57.2 Å². The highest BCUT2D eigenvalue weighted by Gasteiger charge is 2.69. The van der Waals surface area contributed by atoms with E-state index in [9.17, 15) is 39.0 Å². The number of aliphatic hydroxyl groups is 2. The minimum Gasteiger partial charge on any atom is -0.466 e. The lowest BCUT2D eigenvalue weighted by atomic mass is 9.52. The molecular formula is C29H40O14. The lowest BCUT2D eigenvalue weighted by molar-refractivity contribution is -0.252. The molecule has 0 spiro atoms. The molecule has 2 aliphatic carbocycles. The van der Waals surface area contributed by atoms with Gasteiger partial charge in [-0.2, -0.15) is 0 Å². The van der Waals surface area contributed by atoms with E-state index >= 15 is 0 Å². The second-order valence-corrected chi connectivity index (χ2v) is 11.7. The van der Waals surface area contributed by atoms with Gasteiger partial charge < -0.3 is 38.6 Å². The summed E-state index contributed by atoms with van der Waals surface area (Å²) in [4.78, 5) is 76.0. The molecule has 0 bridgehead atoms. The average molecular weight is 613 g/mol. The Bertz CT molecular complexity index is 1190. The predicted octanol–water partition coefficient (Wildman–Crippen LogP) is 0.532. The Kier molecular flexibility index (Phi) is 9.96. The minimum absolute atomic E-state index is 0.150. The molecule has 0 radical (unpaired) electrons. The van der Waals surface area contributed by atoms with Crippen LogP contribution in [0.4, 0.5) is 0 Å². The van der Waals surface area contributed by atoms with Gasteiger partial charge in [0.15, 0.2) is 11.7 Å². The maximum atomic E-state index is 13.1. The lowest BCUT2D eigenvalue weighted by Crippen LogP contribution is -2.69. The summed E-state index contributed by atoms with van der Waals surface area (Å²) in [5, 5.41) is 23.7. The number of hydrogen-bond acceptors (Lipinski definition) is 14. The van der Waals surface area contributed by atoms with Gasteiger partial charge in [-0.1, -0.05) is 13.8 Å². The molecule has 1 heterocycles. The number of aliphatic hydroxyl groups excluding tert-OH is 1. The molecule has 43 heavy (non-hydrogen) atoms. The Labute approximate surface area is 248 Å². The van der Waals surface area contributed by atoms with Crippen LogP contribution >= 0.6 is 0 Å². The van der Waals surface area contributed by atoms with Crippen molar-refractivity contribution in [2.75, 3.05) is 7.11 Å². The highest BCUT2D eigenvalue weighted by molar-refractivity contribution is 5.90. The molecular weight excluding hydrogens is 572 g/mol. The minimum atomic E-state index is -2.39. The van der Waals surface area contributed by atoms with Gasteiger partial charge in [-0.3, -0.25) is 24.0 Å². The second-order valence-electron chi connectivity index (χ2n) is 11.7. The third-order valence-corrected chi connectivity index (χ3v) is 9.01. The van der Waals surface area contributed by atoms with E-state index in [4.69, 9.17) is 28.4 Å². The van der Waals surface area contributed by atoms with Gasteiger partial charge >= 0.3 is 35.8 Å². The number of esters is 6. The molecule has 0 aromatic rings. The Morgan fingerprint density at radius 1 is 0.884 bits per heavy atom. The quantitative estimate of drug-likeness (QED) is 0.322. The zero-order chi connectivity index (χ0) is 32.6. The molecule has 14 heteroatoms. The molecule has 3 aliphatic rings. The highest BCUT2D eigenvalue weighted by Crippen LogP contribution is 2.56. The molecule has 2 unspecified atom stereocenters. The summed E-state index contributed by atoms with van der Waals surface area (Å²) in [5.41, 5.74) is -4.34. The maximum Gasteiger partial charge on any atom is 0.337 e. The van der Waals surface area contributed by atoms with Gasteiger partial charge in [0, 0.05) is 51.9 Å². The predicted molar refractivity (Wildman–Crippen MR) is 142 cm³/mol. The Balaban J connectivity index is 2.52. The average Bonchev–Trinajstić information content (AvgIpc) is 3.11. The summed E-state index contributed by atoms with van der Waals surface area (Å²) in [6.07, 6.45) is -7.99. The summed E-state index contributed by atoms with van der Waals surface area (Å²) < 4.78 is 33.3. The van der Waals surface area contributed by atoms with Gasteiger partial charge in [0.05, 0.1) is 24.7 Å². The zero-order valence-electron chi connectivity index (χ0n) is 25.5. The molecule has 1 saturated heterocycles. The van der Waals surface area contributed by atoms with Gasteiger partial charge in [0.1, 0.15) is 24.4 Å². The van der Waals surface area contributed by atoms with E-state index in [1.54, 1.807) is 13.8 Å². The van der Waals surface area contributed by atoms with Crippen LogP contribution in [-0.4, -0.2) is 95.4 Å². The first-order valence-corrected chi connectivity index (χ1v) is 14.0. The highest BCUT2D eigenvalue weighted by atomic mass is 16.6. The van der Waals surface area contributed by atoms with Gasteiger partial charge in [-0.25, -0.2) is 4.79 Å². The van der Waals surface area contributed by atoms with Crippen LogP contribution in [0.15, 0.2) is 11.6 Å². The smallest absolute Gasteiger partial charge is 0.337 e. The van der Waals surface area contributed by atoms with Crippen molar-refractivity contribution in [3.8, 4) is 0 Å². The van der Waals surface area contributed by atoms with Crippen molar-refractivity contribution >= 4 is 35.8 Å². The van der Waals surface area contributed by atoms with Gasteiger partial charge in [0.2, 0.25) is 0 Å². The summed E-state index contributed by atoms with van der Waals surface area (Å²) in [5.74, 6) is -8.50. The largest absolute Gasteiger partial charge is 0.466 e. The van der Waals surface area contributed by atoms with E-state index in [-0.39, 0.29) is 12.0 Å². The summed E-state index contributed by atoms with van der Waals surface area (Å²) in [6.45, 7) is 8.95. The summed E-state index contributed by atoms with van der Waals surface area (Å²) >= 11 is 0. The molecule has 0 aromatic carbocycles. The van der Waals surface area contributed by atoms with Crippen molar-refractivity contribution < 1.29 is 67.4 Å². The fourth-order valence-electron chi connectivity index (χ4n) is 6.92. The number of hydrogen-bond donors (Lipinski definition) is 2. The fraction of sp³-hybridized carbons (Fsp3) is 0.724. The van der Waals surface area contributed by atoms with E-state index in [1.165, 1.54) is 6.92 Å². The Hall–Kier alpha value is -3.52. The van der Waals surface area contributed by atoms with Crippen LogP contribution < -0.4 is 0 Å². The van der Waals surface area contributed by atoms with Crippen LogP contribution in [0.3, 0.4) is 0 Å². The molecule has 11 atom stereocenters. The first kappa shape index (κ1) is 34.0. The molecule has 0 aromatic heterocycles. The summed E-state index contributed by atoms with van der Waals surface area (Å²) in [7, 11) is 1.06. The van der Waals surface area contributed by atoms with Crippen molar-refractivity contribution in [2.45, 2.75) is 104 Å². The number of fused-ring (bicyclic) bond motifs is 2. The first-order valence-electron chi connectivity index (χ1n) is 14.0. The van der Waals surface area contributed by atoms with E-state index in [0.717, 1.165) is 40.9 Å². The fourth-order valence-corrected chi connectivity index (χ4v) is 6.92. The molecule has 240 valence electrons. The van der Waals surface area contributed by atoms with Crippen molar-refractivity contribution in [1.29, 1.82) is 0 Å². The molecule has 2 fully saturated rings. The number of carbonyl (C=O) groups is 6. The van der Waals surface area contributed by atoms with Crippen LogP contribution in [0.2, 0.25) is 0 Å².